The summed E-state index contributed by atoms with van der Waals surface area (Å²) in [5.41, 5.74) is 2.48. The third-order valence-corrected chi connectivity index (χ3v) is 3.37. The normalized spacial score (nSPS) is 12.4. The lowest BCUT2D eigenvalue weighted by atomic mass is 10.1. The van der Waals surface area contributed by atoms with Crippen LogP contribution in [-0.4, -0.2) is 12.6 Å². The van der Waals surface area contributed by atoms with E-state index in [4.69, 9.17) is 4.74 Å². The van der Waals surface area contributed by atoms with Crippen molar-refractivity contribution in [1.82, 2.24) is 0 Å². The first-order chi connectivity index (χ1) is 9.27. The van der Waals surface area contributed by atoms with Gasteiger partial charge in [-0.2, -0.15) is 0 Å². The van der Waals surface area contributed by atoms with E-state index in [2.05, 4.69) is 43.4 Å². The molecule has 0 radical (unpaired) electrons. The molecule has 1 aromatic carbocycles. The predicted octanol–water partition coefficient (Wildman–Crippen LogP) is 4.99. The molecule has 0 amide bonds. The van der Waals surface area contributed by atoms with Gasteiger partial charge in [0.15, 0.2) is 0 Å². The van der Waals surface area contributed by atoms with Crippen LogP contribution in [0, 0.1) is 0 Å². The molecule has 0 fully saturated rings. The van der Waals surface area contributed by atoms with E-state index in [1.165, 1.54) is 43.4 Å². The molecule has 0 aliphatic heterocycles. The molecule has 1 aromatic rings. The first-order valence-electron chi connectivity index (χ1n) is 7.70. The zero-order valence-corrected chi connectivity index (χ0v) is 12.7. The Labute approximate surface area is 118 Å². The number of anilines is 1. The second-order valence-corrected chi connectivity index (χ2v) is 5.19. The molecule has 0 heterocycles. The number of ether oxygens (including phenoxy) is 1. The van der Waals surface area contributed by atoms with E-state index in [0.717, 1.165) is 6.61 Å². The highest BCUT2D eigenvalue weighted by molar-refractivity contribution is 5.51. The van der Waals surface area contributed by atoms with Crippen LogP contribution in [0.15, 0.2) is 24.3 Å². The van der Waals surface area contributed by atoms with E-state index in [1.54, 1.807) is 0 Å². The maximum atomic E-state index is 5.51. The summed E-state index contributed by atoms with van der Waals surface area (Å²) in [4.78, 5) is 0. The van der Waals surface area contributed by atoms with Crippen LogP contribution in [-0.2, 0) is 11.3 Å². The average Bonchev–Trinajstić information content (AvgIpc) is 2.43. The van der Waals surface area contributed by atoms with Gasteiger partial charge in [-0.15, -0.1) is 0 Å². The minimum absolute atomic E-state index is 0.527. The Hall–Kier alpha value is -1.02. The molecular weight excluding hydrogens is 234 g/mol. The molecule has 19 heavy (non-hydrogen) atoms. The van der Waals surface area contributed by atoms with Crippen LogP contribution in [0.2, 0.25) is 0 Å². The average molecular weight is 263 g/mol. The van der Waals surface area contributed by atoms with Crippen molar-refractivity contribution in [3.05, 3.63) is 29.8 Å². The van der Waals surface area contributed by atoms with Gasteiger partial charge >= 0.3 is 0 Å². The summed E-state index contributed by atoms with van der Waals surface area (Å²) in [6.45, 7) is 8.02. The van der Waals surface area contributed by atoms with Gasteiger partial charge in [0.2, 0.25) is 0 Å². The summed E-state index contributed by atoms with van der Waals surface area (Å²) >= 11 is 0. The van der Waals surface area contributed by atoms with Crippen LogP contribution < -0.4 is 5.32 Å². The molecular formula is C17H29NO. The van der Waals surface area contributed by atoms with E-state index >= 15 is 0 Å². The van der Waals surface area contributed by atoms with Gasteiger partial charge in [0, 0.05) is 23.9 Å². The van der Waals surface area contributed by atoms with Crippen molar-refractivity contribution in [2.24, 2.45) is 0 Å². The maximum Gasteiger partial charge on any atom is 0.0736 e. The van der Waals surface area contributed by atoms with Crippen LogP contribution in [0.3, 0.4) is 0 Å². The number of benzene rings is 1. The highest BCUT2D eigenvalue weighted by Gasteiger charge is 2.05. The summed E-state index contributed by atoms with van der Waals surface area (Å²) in [5.74, 6) is 0. The maximum absolute atomic E-state index is 5.51. The topological polar surface area (TPSA) is 21.3 Å². The molecule has 0 saturated carbocycles. The van der Waals surface area contributed by atoms with E-state index in [1.807, 2.05) is 6.92 Å². The van der Waals surface area contributed by atoms with Gasteiger partial charge in [-0.1, -0.05) is 50.8 Å². The van der Waals surface area contributed by atoms with Crippen LogP contribution in [0.4, 0.5) is 5.69 Å². The molecule has 1 atom stereocenters. The van der Waals surface area contributed by atoms with Crippen LogP contribution in [0.5, 0.6) is 0 Å². The zero-order chi connectivity index (χ0) is 13.9. The molecule has 108 valence electrons. The van der Waals surface area contributed by atoms with Crippen LogP contribution in [0.25, 0.3) is 0 Å². The van der Waals surface area contributed by atoms with Crippen molar-refractivity contribution in [2.75, 3.05) is 11.9 Å². The van der Waals surface area contributed by atoms with E-state index in [9.17, 15) is 0 Å². The number of rotatable bonds is 10. The largest absolute Gasteiger partial charge is 0.382 e. The molecule has 0 aliphatic rings. The Balaban J connectivity index is 2.41. The summed E-state index contributed by atoms with van der Waals surface area (Å²) in [6.07, 6.45) is 6.56. The van der Waals surface area contributed by atoms with Crippen molar-refractivity contribution < 1.29 is 4.74 Å². The van der Waals surface area contributed by atoms with Gasteiger partial charge in [-0.25, -0.2) is 0 Å². The van der Waals surface area contributed by atoms with Crippen molar-refractivity contribution >= 4 is 5.69 Å². The summed E-state index contributed by atoms with van der Waals surface area (Å²) < 4.78 is 5.51. The molecule has 1 rings (SSSR count). The summed E-state index contributed by atoms with van der Waals surface area (Å²) in [7, 11) is 0. The molecule has 2 heteroatoms. The first-order valence-corrected chi connectivity index (χ1v) is 7.70. The van der Waals surface area contributed by atoms with Gasteiger partial charge in [0.1, 0.15) is 0 Å². The molecule has 0 aromatic heterocycles. The van der Waals surface area contributed by atoms with Crippen LogP contribution in [0.1, 0.15) is 58.4 Å². The monoisotopic (exact) mass is 263 g/mol. The van der Waals surface area contributed by atoms with Crippen molar-refractivity contribution in [1.29, 1.82) is 0 Å². The summed E-state index contributed by atoms with van der Waals surface area (Å²) in [5, 5.41) is 3.62. The molecule has 0 spiro atoms. The number of hydrogen-bond donors (Lipinski definition) is 1. The predicted molar refractivity (Wildman–Crippen MR) is 83.6 cm³/mol. The SMILES string of the molecule is CCCCCCC(C)Nc1ccccc1COCC. The number of unbranched alkanes of at least 4 members (excludes halogenated alkanes) is 3. The molecule has 0 saturated heterocycles. The van der Waals surface area contributed by atoms with E-state index in [0.29, 0.717) is 12.6 Å². The van der Waals surface area contributed by atoms with E-state index < -0.39 is 0 Å². The fraction of sp³-hybridized carbons (Fsp3) is 0.647. The molecule has 1 unspecified atom stereocenters. The van der Waals surface area contributed by atoms with Gasteiger partial charge in [0.25, 0.3) is 0 Å². The Morgan fingerprint density at radius 3 is 2.63 bits per heavy atom. The minimum Gasteiger partial charge on any atom is -0.382 e. The zero-order valence-electron chi connectivity index (χ0n) is 12.7. The quantitative estimate of drug-likeness (QED) is 0.600. The fourth-order valence-corrected chi connectivity index (χ4v) is 2.21. The Morgan fingerprint density at radius 1 is 1.11 bits per heavy atom. The lowest BCUT2D eigenvalue weighted by Crippen LogP contribution is -2.16. The van der Waals surface area contributed by atoms with Gasteiger partial charge in [0.05, 0.1) is 6.61 Å². The number of hydrogen-bond acceptors (Lipinski definition) is 2. The summed E-state index contributed by atoms with van der Waals surface area (Å²) in [6, 6.07) is 8.98. The number of nitrogens with one attached hydrogen (secondary N) is 1. The highest BCUT2D eigenvalue weighted by atomic mass is 16.5. The third-order valence-electron chi connectivity index (χ3n) is 3.37. The Bertz CT molecular complexity index is 338. The highest BCUT2D eigenvalue weighted by Crippen LogP contribution is 2.18. The van der Waals surface area contributed by atoms with Crippen molar-refractivity contribution in [2.45, 2.75) is 65.5 Å². The molecule has 2 nitrogen and oxygen atoms in total. The van der Waals surface area contributed by atoms with Crippen molar-refractivity contribution in [3.63, 3.8) is 0 Å². The Kier molecular flexibility index (Phi) is 8.31. The fourth-order valence-electron chi connectivity index (χ4n) is 2.21. The van der Waals surface area contributed by atoms with Crippen molar-refractivity contribution in [3.8, 4) is 0 Å². The smallest absolute Gasteiger partial charge is 0.0736 e. The van der Waals surface area contributed by atoms with Gasteiger partial charge < -0.3 is 10.1 Å². The molecule has 0 aliphatic carbocycles. The number of para-hydroxylation sites is 1. The van der Waals surface area contributed by atoms with E-state index in [-0.39, 0.29) is 0 Å². The molecule has 0 bridgehead atoms. The Morgan fingerprint density at radius 2 is 1.89 bits per heavy atom. The third kappa shape index (κ3) is 6.63. The lowest BCUT2D eigenvalue weighted by molar-refractivity contribution is 0.134. The first kappa shape index (κ1) is 16.0. The second-order valence-electron chi connectivity index (χ2n) is 5.19. The van der Waals surface area contributed by atoms with Gasteiger partial charge in [-0.05, 0) is 26.3 Å². The second kappa shape index (κ2) is 9.85. The minimum atomic E-state index is 0.527. The molecule has 1 N–H and O–H groups in total. The lowest BCUT2D eigenvalue weighted by Gasteiger charge is -2.18. The standard InChI is InChI=1S/C17H29NO/c1-4-6-7-8-11-15(3)18-17-13-10-9-12-16(17)14-19-5-2/h9-10,12-13,15,18H,4-8,11,14H2,1-3H3. The van der Waals surface area contributed by atoms with Crippen LogP contribution >= 0.6 is 0 Å². The van der Waals surface area contributed by atoms with Gasteiger partial charge in [-0.3, -0.25) is 0 Å².